The fraction of sp³-hybridized carbons (Fsp3) is 0.400. The van der Waals surface area contributed by atoms with Crippen LogP contribution in [0.2, 0.25) is 0 Å². The van der Waals surface area contributed by atoms with Crippen LogP contribution in [0.25, 0.3) is 0 Å². The summed E-state index contributed by atoms with van der Waals surface area (Å²) in [5.41, 5.74) is 0.649. The first-order valence-corrected chi connectivity index (χ1v) is 4.25. The van der Waals surface area contributed by atoms with Crippen molar-refractivity contribution in [3.05, 3.63) is 30.1 Å². The van der Waals surface area contributed by atoms with E-state index in [0.717, 1.165) is 0 Å². The molecule has 0 radical (unpaired) electrons. The van der Waals surface area contributed by atoms with Crippen LogP contribution in [0, 0.1) is 0 Å². The van der Waals surface area contributed by atoms with Crippen LogP contribution >= 0.6 is 0 Å². The zero-order chi connectivity index (χ0) is 9.68. The number of hydrogen-bond acceptors (Lipinski definition) is 3. The standard InChI is InChI=1S/C10H13NO2/c1-8(2)13-7-10(12)9-3-5-11-6-4-9/h3-6,8H,7H2,1-2H3. The second kappa shape index (κ2) is 4.72. The first kappa shape index (κ1) is 9.86. The van der Waals surface area contributed by atoms with Gasteiger partial charge in [-0.3, -0.25) is 9.78 Å². The number of carbonyl (C=O) groups excluding carboxylic acids is 1. The normalized spacial score (nSPS) is 10.4. The van der Waals surface area contributed by atoms with Gasteiger partial charge in [-0.05, 0) is 26.0 Å². The van der Waals surface area contributed by atoms with E-state index in [-0.39, 0.29) is 18.5 Å². The maximum Gasteiger partial charge on any atom is 0.188 e. The minimum absolute atomic E-state index is 0.00361. The Kier molecular flexibility index (Phi) is 3.58. The zero-order valence-corrected chi connectivity index (χ0v) is 7.86. The van der Waals surface area contributed by atoms with E-state index in [4.69, 9.17) is 4.74 Å². The summed E-state index contributed by atoms with van der Waals surface area (Å²) in [5.74, 6) is -0.00361. The molecular formula is C10H13NO2. The molecule has 3 nitrogen and oxygen atoms in total. The Balaban J connectivity index is 2.50. The summed E-state index contributed by atoms with van der Waals surface area (Å²) in [5, 5.41) is 0. The summed E-state index contributed by atoms with van der Waals surface area (Å²) in [6.07, 6.45) is 3.29. The maximum absolute atomic E-state index is 11.4. The second-order valence-corrected chi connectivity index (χ2v) is 3.02. The van der Waals surface area contributed by atoms with Crippen molar-refractivity contribution in [2.24, 2.45) is 0 Å². The highest BCUT2D eigenvalue weighted by Gasteiger charge is 2.05. The van der Waals surface area contributed by atoms with Gasteiger partial charge in [0.15, 0.2) is 5.78 Å². The third-order valence-corrected chi connectivity index (χ3v) is 1.55. The van der Waals surface area contributed by atoms with Gasteiger partial charge in [0.1, 0.15) is 6.61 Å². The van der Waals surface area contributed by atoms with E-state index < -0.39 is 0 Å². The van der Waals surface area contributed by atoms with Crippen molar-refractivity contribution in [3.8, 4) is 0 Å². The van der Waals surface area contributed by atoms with Crippen molar-refractivity contribution in [2.45, 2.75) is 20.0 Å². The van der Waals surface area contributed by atoms with Crippen molar-refractivity contribution in [1.29, 1.82) is 0 Å². The first-order valence-electron chi connectivity index (χ1n) is 4.25. The highest BCUT2D eigenvalue weighted by atomic mass is 16.5. The lowest BCUT2D eigenvalue weighted by Crippen LogP contribution is -2.13. The highest BCUT2D eigenvalue weighted by Crippen LogP contribution is 1.99. The molecule has 0 aliphatic carbocycles. The molecule has 13 heavy (non-hydrogen) atoms. The monoisotopic (exact) mass is 179 g/mol. The van der Waals surface area contributed by atoms with Crippen LogP contribution in [0.1, 0.15) is 24.2 Å². The lowest BCUT2D eigenvalue weighted by atomic mass is 10.2. The van der Waals surface area contributed by atoms with E-state index in [1.165, 1.54) is 0 Å². The number of ketones is 1. The first-order chi connectivity index (χ1) is 6.20. The minimum atomic E-state index is -0.00361. The topological polar surface area (TPSA) is 39.2 Å². The fourth-order valence-electron chi connectivity index (χ4n) is 0.863. The average molecular weight is 179 g/mol. The third kappa shape index (κ3) is 3.34. The maximum atomic E-state index is 11.4. The molecule has 0 aliphatic rings. The molecule has 0 amide bonds. The predicted octanol–water partition coefficient (Wildman–Crippen LogP) is 1.69. The van der Waals surface area contributed by atoms with Crippen molar-refractivity contribution >= 4 is 5.78 Å². The molecule has 0 spiro atoms. The summed E-state index contributed by atoms with van der Waals surface area (Å²) in [6, 6.07) is 3.37. The molecule has 1 rings (SSSR count). The number of pyridine rings is 1. The van der Waals surface area contributed by atoms with Gasteiger partial charge in [0, 0.05) is 18.0 Å². The molecule has 0 saturated heterocycles. The lowest BCUT2D eigenvalue weighted by Gasteiger charge is -2.05. The van der Waals surface area contributed by atoms with Crippen LogP contribution in [-0.4, -0.2) is 23.5 Å². The molecule has 3 heteroatoms. The Morgan fingerprint density at radius 2 is 2.08 bits per heavy atom. The fourth-order valence-corrected chi connectivity index (χ4v) is 0.863. The molecule has 0 N–H and O–H groups in total. The number of carbonyl (C=O) groups is 1. The molecule has 0 saturated carbocycles. The number of Topliss-reactive ketones (excluding diaryl/α,β-unsaturated/α-hetero) is 1. The van der Waals surface area contributed by atoms with E-state index in [0.29, 0.717) is 5.56 Å². The molecular weight excluding hydrogens is 166 g/mol. The SMILES string of the molecule is CC(C)OCC(=O)c1ccncc1. The van der Waals surface area contributed by atoms with Crippen LogP contribution in [0.15, 0.2) is 24.5 Å². The number of aromatic nitrogens is 1. The van der Waals surface area contributed by atoms with Crippen LogP contribution in [-0.2, 0) is 4.74 Å². The number of hydrogen-bond donors (Lipinski definition) is 0. The summed E-state index contributed by atoms with van der Waals surface area (Å²) in [7, 11) is 0. The summed E-state index contributed by atoms with van der Waals surface area (Å²) >= 11 is 0. The Morgan fingerprint density at radius 3 is 2.62 bits per heavy atom. The van der Waals surface area contributed by atoms with E-state index in [1.807, 2.05) is 13.8 Å². The third-order valence-electron chi connectivity index (χ3n) is 1.55. The summed E-state index contributed by atoms with van der Waals surface area (Å²) < 4.78 is 5.19. The van der Waals surface area contributed by atoms with Crippen molar-refractivity contribution < 1.29 is 9.53 Å². The van der Waals surface area contributed by atoms with Crippen molar-refractivity contribution in [1.82, 2.24) is 4.98 Å². The molecule has 0 fully saturated rings. The predicted molar refractivity (Wildman–Crippen MR) is 49.7 cm³/mol. The molecule has 0 bridgehead atoms. The van der Waals surface area contributed by atoms with Crippen molar-refractivity contribution in [3.63, 3.8) is 0 Å². The molecule has 0 aliphatic heterocycles. The quantitative estimate of drug-likeness (QED) is 0.660. The number of rotatable bonds is 4. The van der Waals surface area contributed by atoms with E-state index in [2.05, 4.69) is 4.98 Å². The minimum Gasteiger partial charge on any atom is -0.371 e. The van der Waals surface area contributed by atoms with Gasteiger partial charge in [0.05, 0.1) is 6.10 Å². The van der Waals surface area contributed by atoms with E-state index in [1.54, 1.807) is 24.5 Å². The van der Waals surface area contributed by atoms with E-state index in [9.17, 15) is 4.79 Å². The Morgan fingerprint density at radius 1 is 1.46 bits per heavy atom. The number of nitrogens with zero attached hydrogens (tertiary/aromatic N) is 1. The molecule has 1 aromatic rings. The van der Waals surface area contributed by atoms with Gasteiger partial charge in [0.2, 0.25) is 0 Å². The van der Waals surface area contributed by atoms with Gasteiger partial charge < -0.3 is 4.74 Å². The largest absolute Gasteiger partial charge is 0.371 e. The molecule has 0 unspecified atom stereocenters. The molecule has 1 heterocycles. The molecule has 1 aromatic heterocycles. The Hall–Kier alpha value is -1.22. The Labute approximate surface area is 77.8 Å². The molecule has 0 atom stereocenters. The second-order valence-electron chi connectivity index (χ2n) is 3.02. The van der Waals surface area contributed by atoms with Crippen LogP contribution in [0.5, 0.6) is 0 Å². The number of ether oxygens (including phenoxy) is 1. The van der Waals surface area contributed by atoms with Crippen LogP contribution < -0.4 is 0 Å². The molecule has 70 valence electrons. The van der Waals surface area contributed by atoms with Gasteiger partial charge in [-0.15, -0.1) is 0 Å². The van der Waals surface area contributed by atoms with E-state index >= 15 is 0 Å². The Bertz CT molecular complexity index is 270. The smallest absolute Gasteiger partial charge is 0.188 e. The van der Waals surface area contributed by atoms with Crippen LogP contribution in [0.4, 0.5) is 0 Å². The highest BCUT2D eigenvalue weighted by molar-refractivity contribution is 5.96. The molecule has 0 aromatic carbocycles. The summed E-state index contributed by atoms with van der Waals surface area (Å²) in [6.45, 7) is 3.95. The van der Waals surface area contributed by atoms with Gasteiger partial charge in [0.25, 0.3) is 0 Å². The van der Waals surface area contributed by atoms with Gasteiger partial charge in [-0.25, -0.2) is 0 Å². The van der Waals surface area contributed by atoms with Gasteiger partial charge in [-0.1, -0.05) is 0 Å². The lowest BCUT2D eigenvalue weighted by molar-refractivity contribution is 0.0584. The van der Waals surface area contributed by atoms with Gasteiger partial charge in [-0.2, -0.15) is 0 Å². The zero-order valence-electron chi connectivity index (χ0n) is 7.86. The van der Waals surface area contributed by atoms with Crippen molar-refractivity contribution in [2.75, 3.05) is 6.61 Å². The van der Waals surface area contributed by atoms with Gasteiger partial charge >= 0.3 is 0 Å². The van der Waals surface area contributed by atoms with Crippen LogP contribution in [0.3, 0.4) is 0 Å². The average Bonchev–Trinajstić information content (AvgIpc) is 2.15. The summed E-state index contributed by atoms with van der Waals surface area (Å²) in [4.78, 5) is 15.2.